The lowest BCUT2D eigenvalue weighted by molar-refractivity contribution is 0.0589. The second-order valence-electron chi connectivity index (χ2n) is 6.99. The lowest BCUT2D eigenvalue weighted by atomic mass is 9.95. The summed E-state index contributed by atoms with van der Waals surface area (Å²) >= 11 is 1.46. The summed E-state index contributed by atoms with van der Waals surface area (Å²) in [6, 6.07) is 0.303. The SMILES string of the molecule is Cc1ncsc1C(=O)N1C[C@@H]2CC[C@H]1CN(Cc1nc[nH]c1C)C2. The molecule has 2 aromatic rings. The number of nitrogens with zero attached hydrogens (tertiary/aromatic N) is 4. The molecule has 0 radical (unpaired) electrons. The fraction of sp³-hybridized carbons (Fsp3) is 0.588. The van der Waals surface area contributed by atoms with Gasteiger partial charge in [0.25, 0.3) is 5.91 Å². The summed E-state index contributed by atoms with van der Waals surface area (Å²) in [5.41, 5.74) is 4.88. The summed E-state index contributed by atoms with van der Waals surface area (Å²) in [5, 5.41) is 0. The number of amides is 1. The van der Waals surface area contributed by atoms with Crippen LogP contribution in [0, 0.1) is 19.8 Å². The van der Waals surface area contributed by atoms with Crippen LogP contribution in [0.2, 0.25) is 0 Å². The molecule has 128 valence electrons. The van der Waals surface area contributed by atoms with Gasteiger partial charge in [-0.3, -0.25) is 9.69 Å². The van der Waals surface area contributed by atoms with Crippen LogP contribution >= 0.6 is 11.3 Å². The van der Waals surface area contributed by atoms with Gasteiger partial charge in [0.2, 0.25) is 0 Å². The van der Waals surface area contributed by atoms with Crippen LogP contribution in [-0.2, 0) is 6.54 Å². The van der Waals surface area contributed by atoms with Crippen molar-refractivity contribution >= 4 is 17.2 Å². The molecule has 6 nitrogen and oxygen atoms in total. The van der Waals surface area contributed by atoms with E-state index in [-0.39, 0.29) is 5.91 Å². The minimum atomic E-state index is 0.169. The lowest BCUT2D eigenvalue weighted by Crippen LogP contribution is -2.47. The third-order valence-electron chi connectivity index (χ3n) is 5.30. The van der Waals surface area contributed by atoms with Crippen LogP contribution in [-0.4, -0.2) is 56.3 Å². The van der Waals surface area contributed by atoms with E-state index in [1.165, 1.54) is 17.8 Å². The van der Waals surface area contributed by atoms with E-state index in [9.17, 15) is 4.79 Å². The molecule has 5 rings (SSSR count). The molecule has 0 aromatic carbocycles. The largest absolute Gasteiger partial charge is 0.348 e. The Morgan fingerprint density at radius 2 is 2.17 bits per heavy atom. The smallest absolute Gasteiger partial charge is 0.266 e. The highest BCUT2D eigenvalue weighted by molar-refractivity contribution is 7.11. The summed E-state index contributed by atoms with van der Waals surface area (Å²) < 4.78 is 0. The van der Waals surface area contributed by atoms with E-state index in [0.717, 1.165) is 54.6 Å². The molecule has 2 aromatic heterocycles. The molecule has 3 saturated heterocycles. The summed E-state index contributed by atoms with van der Waals surface area (Å²) in [5.74, 6) is 0.725. The fourth-order valence-corrected chi connectivity index (χ4v) is 4.71. The first-order valence-electron chi connectivity index (χ1n) is 8.54. The summed E-state index contributed by atoms with van der Waals surface area (Å²) in [4.78, 5) is 30.2. The average Bonchev–Trinajstić information content (AvgIpc) is 3.05. The van der Waals surface area contributed by atoms with E-state index in [1.54, 1.807) is 11.8 Å². The number of nitrogens with one attached hydrogen (secondary N) is 1. The van der Waals surface area contributed by atoms with Crippen molar-refractivity contribution in [2.24, 2.45) is 5.92 Å². The Balaban J connectivity index is 1.51. The van der Waals surface area contributed by atoms with Crippen molar-refractivity contribution < 1.29 is 4.79 Å². The number of aromatic nitrogens is 3. The third-order valence-corrected chi connectivity index (χ3v) is 6.21. The maximum absolute atomic E-state index is 13.0. The number of imidazole rings is 1. The van der Waals surface area contributed by atoms with Crippen LogP contribution in [0.25, 0.3) is 0 Å². The van der Waals surface area contributed by atoms with Crippen LogP contribution in [0.1, 0.15) is 39.6 Å². The van der Waals surface area contributed by atoms with Gasteiger partial charge in [-0.05, 0) is 32.6 Å². The van der Waals surface area contributed by atoms with Crippen LogP contribution in [0.5, 0.6) is 0 Å². The predicted molar refractivity (Wildman–Crippen MR) is 93.0 cm³/mol. The number of aromatic amines is 1. The van der Waals surface area contributed by atoms with Gasteiger partial charge in [-0.25, -0.2) is 9.97 Å². The van der Waals surface area contributed by atoms with E-state index in [0.29, 0.717) is 12.0 Å². The van der Waals surface area contributed by atoms with Crippen molar-refractivity contribution in [3.05, 3.63) is 33.8 Å². The molecule has 1 N–H and O–H groups in total. The Hall–Kier alpha value is -1.73. The molecule has 3 aliphatic rings. The molecule has 0 spiro atoms. The van der Waals surface area contributed by atoms with Gasteiger partial charge in [0.05, 0.1) is 23.2 Å². The molecule has 2 bridgehead atoms. The Morgan fingerprint density at radius 3 is 2.88 bits per heavy atom. The van der Waals surface area contributed by atoms with Gasteiger partial charge in [-0.2, -0.15) is 0 Å². The quantitative estimate of drug-likeness (QED) is 0.926. The number of piperidine rings is 1. The minimum absolute atomic E-state index is 0.169. The number of rotatable bonds is 3. The van der Waals surface area contributed by atoms with Crippen molar-refractivity contribution in [1.82, 2.24) is 24.8 Å². The molecule has 0 aliphatic carbocycles. The van der Waals surface area contributed by atoms with E-state index < -0.39 is 0 Å². The Labute approximate surface area is 145 Å². The number of carbonyl (C=O) groups is 1. The predicted octanol–water partition coefficient (Wildman–Crippen LogP) is 2.22. The van der Waals surface area contributed by atoms with Crippen molar-refractivity contribution in [3.63, 3.8) is 0 Å². The first-order chi connectivity index (χ1) is 11.6. The normalized spacial score (nSPS) is 24.3. The van der Waals surface area contributed by atoms with E-state index in [2.05, 4.69) is 31.7 Å². The first-order valence-corrected chi connectivity index (χ1v) is 9.42. The molecular weight excluding hydrogens is 322 g/mol. The lowest BCUT2D eigenvalue weighted by Gasteiger charge is -2.36. The fourth-order valence-electron chi connectivity index (χ4n) is 3.95. The number of carbonyl (C=O) groups excluding carboxylic acids is 1. The molecule has 3 aliphatic heterocycles. The number of thiazole rings is 1. The number of hydrogen-bond donors (Lipinski definition) is 1. The molecule has 24 heavy (non-hydrogen) atoms. The minimum Gasteiger partial charge on any atom is -0.348 e. The average molecular weight is 345 g/mol. The van der Waals surface area contributed by atoms with Gasteiger partial charge in [0, 0.05) is 37.9 Å². The van der Waals surface area contributed by atoms with Crippen LogP contribution < -0.4 is 0 Å². The summed E-state index contributed by atoms with van der Waals surface area (Å²) in [6.45, 7) is 7.71. The number of fused-ring (bicyclic) bond motifs is 4. The van der Waals surface area contributed by atoms with E-state index in [1.807, 2.05) is 6.92 Å². The summed E-state index contributed by atoms with van der Waals surface area (Å²) in [7, 11) is 0. The Bertz CT molecular complexity index is 739. The highest BCUT2D eigenvalue weighted by Crippen LogP contribution is 2.31. The molecule has 0 saturated carbocycles. The van der Waals surface area contributed by atoms with Crippen molar-refractivity contribution in [3.8, 4) is 0 Å². The highest BCUT2D eigenvalue weighted by Gasteiger charge is 2.38. The third kappa shape index (κ3) is 2.86. The van der Waals surface area contributed by atoms with Gasteiger partial charge >= 0.3 is 0 Å². The zero-order chi connectivity index (χ0) is 16.7. The van der Waals surface area contributed by atoms with Crippen molar-refractivity contribution in [1.29, 1.82) is 0 Å². The van der Waals surface area contributed by atoms with Crippen LogP contribution in [0.3, 0.4) is 0 Å². The second-order valence-corrected chi connectivity index (χ2v) is 7.84. The molecular formula is C17H23N5OS. The summed E-state index contributed by atoms with van der Waals surface area (Å²) in [6.07, 6.45) is 4.08. The van der Waals surface area contributed by atoms with Crippen molar-refractivity contribution in [2.45, 2.75) is 39.3 Å². The standard InChI is InChI=1S/C17H23N5OS/c1-11-15(19-9-18-11)8-21-5-13-3-4-14(7-21)22(6-13)17(23)16-12(2)20-10-24-16/h9-10,13-14H,3-8H2,1-2H3,(H,18,19)/t13-,14+/m1/s1. The molecule has 0 unspecified atom stereocenters. The molecule has 5 heterocycles. The van der Waals surface area contributed by atoms with Crippen molar-refractivity contribution in [2.75, 3.05) is 19.6 Å². The maximum Gasteiger partial charge on any atom is 0.266 e. The van der Waals surface area contributed by atoms with Gasteiger partial charge in [-0.15, -0.1) is 11.3 Å². The zero-order valence-electron chi connectivity index (χ0n) is 14.2. The van der Waals surface area contributed by atoms with Gasteiger partial charge in [0.1, 0.15) is 4.88 Å². The number of aryl methyl sites for hydroxylation is 2. The van der Waals surface area contributed by atoms with Crippen LogP contribution in [0.4, 0.5) is 0 Å². The molecule has 3 fully saturated rings. The van der Waals surface area contributed by atoms with Gasteiger partial charge in [0.15, 0.2) is 0 Å². The number of hydrogen-bond acceptors (Lipinski definition) is 5. The maximum atomic E-state index is 13.0. The van der Waals surface area contributed by atoms with Crippen LogP contribution in [0.15, 0.2) is 11.8 Å². The molecule has 1 amide bonds. The topological polar surface area (TPSA) is 65.1 Å². The zero-order valence-corrected chi connectivity index (χ0v) is 15.0. The molecule has 7 heteroatoms. The second kappa shape index (κ2) is 6.29. The molecule has 2 atom stereocenters. The van der Waals surface area contributed by atoms with Gasteiger partial charge in [-0.1, -0.05) is 0 Å². The van der Waals surface area contributed by atoms with E-state index in [4.69, 9.17) is 0 Å². The van der Waals surface area contributed by atoms with Gasteiger partial charge < -0.3 is 9.88 Å². The Morgan fingerprint density at radius 1 is 1.29 bits per heavy atom. The van der Waals surface area contributed by atoms with E-state index >= 15 is 0 Å². The first kappa shape index (κ1) is 15.8. The highest BCUT2D eigenvalue weighted by atomic mass is 32.1. The monoisotopic (exact) mass is 345 g/mol. The Kier molecular flexibility index (Phi) is 4.14. The number of H-pyrrole nitrogens is 1.